The molecular weight excluding hydrogens is 212 g/mol. The second kappa shape index (κ2) is 6.23. The number of thioether (sulfide) groups is 1. The number of carbonyl (C=O) groups excluding carboxylic acids is 1. The lowest BCUT2D eigenvalue weighted by Gasteiger charge is -2.24. The molecule has 0 bridgehead atoms. The Kier molecular flexibility index (Phi) is 5.25. The van der Waals surface area contributed by atoms with Gasteiger partial charge in [-0.15, -0.1) is 0 Å². The Bertz CT molecular complexity index is 208. The number of rotatable bonds is 4. The number of likely N-dealkylation sites (N-methyl/N-ethyl adjacent to an activating group) is 1. The number of urea groups is 1. The van der Waals surface area contributed by atoms with E-state index in [0.29, 0.717) is 5.25 Å². The van der Waals surface area contributed by atoms with Crippen LogP contribution in [0.25, 0.3) is 0 Å². The Morgan fingerprint density at radius 1 is 1.73 bits per heavy atom. The maximum Gasteiger partial charge on any atom is 0.317 e. The Labute approximate surface area is 95.4 Å². The summed E-state index contributed by atoms with van der Waals surface area (Å²) in [7, 11) is 1.71. The van der Waals surface area contributed by atoms with Gasteiger partial charge in [0.15, 0.2) is 0 Å². The van der Waals surface area contributed by atoms with Gasteiger partial charge >= 0.3 is 6.03 Å². The van der Waals surface area contributed by atoms with Crippen molar-refractivity contribution in [1.29, 1.82) is 0 Å². The van der Waals surface area contributed by atoms with Crippen LogP contribution in [0.2, 0.25) is 0 Å². The first kappa shape index (κ1) is 12.6. The molecule has 1 fully saturated rings. The molecule has 0 aromatic heterocycles. The predicted octanol–water partition coefficient (Wildman–Crippen LogP) is 0.904. The summed E-state index contributed by atoms with van der Waals surface area (Å²) in [6.07, 6.45) is 2.46. The predicted molar refractivity (Wildman–Crippen MR) is 63.2 cm³/mol. The van der Waals surface area contributed by atoms with Crippen molar-refractivity contribution in [1.82, 2.24) is 10.2 Å². The quantitative estimate of drug-likeness (QED) is 0.757. The summed E-state index contributed by atoms with van der Waals surface area (Å²) >= 11 is 1.93. The molecule has 0 spiro atoms. The third-order valence-electron chi connectivity index (χ3n) is 2.75. The third kappa shape index (κ3) is 3.91. The Morgan fingerprint density at radius 2 is 2.47 bits per heavy atom. The van der Waals surface area contributed by atoms with E-state index in [1.807, 2.05) is 18.7 Å². The largest absolute Gasteiger partial charge is 0.394 e. The van der Waals surface area contributed by atoms with Crippen molar-refractivity contribution in [3.63, 3.8) is 0 Å². The van der Waals surface area contributed by atoms with Crippen molar-refractivity contribution in [2.45, 2.75) is 31.1 Å². The molecular formula is C10H20N2O2S. The van der Waals surface area contributed by atoms with Gasteiger partial charge in [0.25, 0.3) is 0 Å². The fourth-order valence-corrected chi connectivity index (χ4v) is 2.65. The van der Waals surface area contributed by atoms with E-state index in [1.165, 1.54) is 18.6 Å². The van der Waals surface area contributed by atoms with Crippen LogP contribution >= 0.6 is 11.8 Å². The monoisotopic (exact) mass is 232 g/mol. The highest BCUT2D eigenvalue weighted by molar-refractivity contribution is 8.00. The molecule has 0 aromatic carbocycles. The second-order valence-corrected chi connectivity index (χ2v) is 5.37. The molecule has 5 heteroatoms. The van der Waals surface area contributed by atoms with Gasteiger partial charge in [-0.05, 0) is 25.5 Å². The molecule has 0 saturated carbocycles. The van der Waals surface area contributed by atoms with E-state index >= 15 is 0 Å². The summed E-state index contributed by atoms with van der Waals surface area (Å²) in [5, 5.41) is 12.4. The highest BCUT2D eigenvalue weighted by atomic mass is 32.2. The van der Waals surface area contributed by atoms with E-state index in [9.17, 15) is 4.79 Å². The Balaban J connectivity index is 2.22. The van der Waals surface area contributed by atoms with Gasteiger partial charge in [0, 0.05) is 18.8 Å². The van der Waals surface area contributed by atoms with Gasteiger partial charge in [0.1, 0.15) is 0 Å². The van der Waals surface area contributed by atoms with Crippen molar-refractivity contribution in [2.75, 3.05) is 26.0 Å². The fraction of sp³-hybridized carbons (Fsp3) is 0.900. The van der Waals surface area contributed by atoms with Crippen LogP contribution in [-0.4, -0.2) is 53.3 Å². The molecule has 1 aliphatic rings. The standard InChI is InChI=1S/C10H20N2O2S/c1-8(7-13)12(2)10(14)11-6-9-4-3-5-15-9/h8-9,13H,3-7H2,1-2H3,(H,11,14). The van der Waals surface area contributed by atoms with Gasteiger partial charge in [-0.25, -0.2) is 4.79 Å². The summed E-state index contributed by atoms with van der Waals surface area (Å²) in [5.41, 5.74) is 0. The van der Waals surface area contributed by atoms with Crippen LogP contribution in [-0.2, 0) is 0 Å². The highest BCUT2D eigenvalue weighted by Crippen LogP contribution is 2.25. The number of nitrogens with one attached hydrogen (secondary N) is 1. The lowest BCUT2D eigenvalue weighted by molar-refractivity contribution is 0.157. The van der Waals surface area contributed by atoms with E-state index in [2.05, 4.69) is 5.32 Å². The van der Waals surface area contributed by atoms with Crippen molar-refractivity contribution < 1.29 is 9.90 Å². The number of nitrogens with zero attached hydrogens (tertiary/aromatic N) is 1. The van der Waals surface area contributed by atoms with Crippen LogP contribution in [0, 0.1) is 0 Å². The summed E-state index contributed by atoms with van der Waals surface area (Å²) in [5.74, 6) is 1.21. The number of hydrogen-bond acceptors (Lipinski definition) is 3. The van der Waals surface area contributed by atoms with Crippen LogP contribution in [0.15, 0.2) is 0 Å². The molecule has 0 aromatic rings. The smallest absolute Gasteiger partial charge is 0.317 e. The minimum atomic E-state index is -0.124. The molecule has 2 unspecified atom stereocenters. The average Bonchev–Trinajstić information content (AvgIpc) is 2.76. The normalized spacial score (nSPS) is 22.5. The topological polar surface area (TPSA) is 52.6 Å². The maximum absolute atomic E-state index is 11.6. The Morgan fingerprint density at radius 3 is 3.00 bits per heavy atom. The first-order valence-corrected chi connectivity index (χ1v) is 6.43. The van der Waals surface area contributed by atoms with E-state index in [0.717, 1.165) is 6.54 Å². The molecule has 2 atom stereocenters. The number of hydrogen-bond donors (Lipinski definition) is 2. The zero-order valence-electron chi connectivity index (χ0n) is 9.40. The molecule has 4 nitrogen and oxygen atoms in total. The molecule has 1 heterocycles. The third-order valence-corrected chi connectivity index (χ3v) is 4.15. The molecule has 0 radical (unpaired) electrons. The van der Waals surface area contributed by atoms with E-state index in [1.54, 1.807) is 11.9 Å². The molecule has 2 N–H and O–H groups in total. The minimum absolute atomic E-state index is 0.00208. The second-order valence-electron chi connectivity index (χ2n) is 3.96. The number of amides is 2. The van der Waals surface area contributed by atoms with Gasteiger partial charge < -0.3 is 15.3 Å². The summed E-state index contributed by atoms with van der Waals surface area (Å²) in [6.45, 7) is 2.57. The van der Waals surface area contributed by atoms with Crippen LogP contribution in [0.4, 0.5) is 4.79 Å². The SMILES string of the molecule is CC(CO)N(C)C(=O)NCC1CCCS1. The van der Waals surface area contributed by atoms with E-state index in [4.69, 9.17) is 5.11 Å². The molecule has 0 aliphatic carbocycles. The lowest BCUT2D eigenvalue weighted by atomic mass is 10.2. The highest BCUT2D eigenvalue weighted by Gasteiger charge is 2.19. The van der Waals surface area contributed by atoms with Crippen LogP contribution < -0.4 is 5.32 Å². The maximum atomic E-state index is 11.6. The first-order valence-electron chi connectivity index (χ1n) is 5.38. The molecule has 2 amide bonds. The van der Waals surface area contributed by atoms with Crippen molar-refractivity contribution in [2.24, 2.45) is 0 Å². The van der Waals surface area contributed by atoms with Gasteiger partial charge in [-0.2, -0.15) is 11.8 Å². The van der Waals surface area contributed by atoms with Crippen molar-refractivity contribution in [3.05, 3.63) is 0 Å². The number of aliphatic hydroxyl groups is 1. The van der Waals surface area contributed by atoms with Crippen molar-refractivity contribution in [3.8, 4) is 0 Å². The zero-order chi connectivity index (χ0) is 11.3. The molecule has 1 saturated heterocycles. The number of carbonyl (C=O) groups is 1. The Hall–Kier alpha value is -0.420. The van der Waals surface area contributed by atoms with Crippen LogP contribution in [0.1, 0.15) is 19.8 Å². The van der Waals surface area contributed by atoms with Gasteiger partial charge in [-0.3, -0.25) is 0 Å². The summed E-state index contributed by atoms with van der Waals surface area (Å²) in [4.78, 5) is 13.1. The molecule has 15 heavy (non-hydrogen) atoms. The zero-order valence-corrected chi connectivity index (χ0v) is 10.2. The molecule has 1 rings (SSSR count). The summed E-state index contributed by atoms with van der Waals surface area (Å²) in [6, 6.07) is -0.217. The van der Waals surface area contributed by atoms with Crippen molar-refractivity contribution >= 4 is 17.8 Å². The first-order chi connectivity index (χ1) is 7.15. The van der Waals surface area contributed by atoms with Crippen LogP contribution in [0.5, 0.6) is 0 Å². The van der Waals surface area contributed by atoms with Gasteiger partial charge in [0.05, 0.1) is 12.6 Å². The molecule has 88 valence electrons. The van der Waals surface area contributed by atoms with Crippen LogP contribution in [0.3, 0.4) is 0 Å². The van der Waals surface area contributed by atoms with E-state index in [-0.39, 0.29) is 18.7 Å². The fourth-order valence-electron chi connectivity index (χ4n) is 1.45. The lowest BCUT2D eigenvalue weighted by Crippen LogP contribution is -2.45. The molecule has 1 aliphatic heterocycles. The minimum Gasteiger partial charge on any atom is -0.394 e. The van der Waals surface area contributed by atoms with Gasteiger partial charge in [-0.1, -0.05) is 0 Å². The van der Waals surface area contributed by atoms with E-state index < -0.39 is 0 Å². The summed E-state index contributed by atoms with van der Waals surface area (Å²) < 4.78 is 0. The number of aliphatic hydroxyl groups excluding tert-OH is 1. The average molecular weight is 232 g/mol. The van der Waals surface area contributed by atoms with Gasteiger partial charge in [0.2, 0.25) is 0 Å².